The van der Waals surface area contributed by atoms with Crippen molar-refractivity contribution in [3.05, 3.63) is 41.2 Å². The van der Waals surface area contributed by atoms with Gasteiger partial charge in [-0.3, -0.25) is 0 Å². The maximum atomic E-state index is 10.4. The molecule has 126 valence electrons. The molecule has 0 bridgehead atoms. The number of aromatic nitrogens is 1. The molecular formula is C15H19ClN2O5. The molecular weight excluding hydrogens is 324 g/mol. The molecule has 0 atom stereocenters. The summed E-state index contributed by atoms with van der Waals surface area (Å²) >= 11 is 5.82. The number of hydrogen-bond donors (Lipinski definition) is 3. The Balaban J connectivity index is 0.000000284. The van der Waals surface area contributed by atoms with Crippen molar-refractivity contribution in [2.24, 2.45) is 0 Å². The number of carboxylic acid groups (broad SMARTS) is 2. The summed E-state index contributed by atoms with van der Waals surface area (Å²) in [5.74, 6) is -2.51. The molecule has 1 aromatic rings. The lowest BCUT2D eigenvalue weighted by Gasteiger charge is -2.36. The van der Waals surface area contributed by atoms with Gasteiger partial charge in [0.25, 0.3) is 0 Å². The van der Waals surface area contributed by atoms with E-state index in [4.69, 9.17) is 21.8 Å². The zero-order valence-corrected chi connectivity index (χ0v) is 13.4. The topological polar surface area (TPSA) is 111 Å². The van der Waals surface area contributed by atoms with E-state index in [1.54, 1.807) is 6.07 Å². The molecule has 0 spiro atoms. The fraction of sp³-hybridized carbons (Fsp3) is 0.400. The Hall–Kier alpha value is -1.96. The van der Waals surface area contributed by atoms with Crippen molar-refractivity contribution in [2.75, 3.05) is 20.1 Å². The largest absolute Gasteiger partial charge is 0.478 e. The number of pyridine rings is 1. The summed E-state index contributed by atoms with van der Waals surface area (Å²) in [5.41, 5.74) is -0.0969. The Kier molecular flexibility index (Phi) is 7.15. The van der Waals surface area contributed by atoms with Gasteiger partial charge < -0.3 is 20.2 Å². The first-order valence-corrected chi connectivity index (χ1v) is 7.28. The lowest BCUT2D eigenvalue weighted by molar-refractivity contribution is -0.134. The maximum absolute atomic E-state index is 10.4. The van der Waals surface area contributed by atoms with Crippen LogP contribution in [0.4, 0.5) is 0 Å². The number of piperidine rings is 1. The Bertz CT molecular complexity index is 567. The summed E-state index contributed by atoms with van der Waals surface area (Å²) in [6.07, 6.45) is 2.55. The first kappa shape index (κ1) is 19.1. The third-order valence-corrected chi connectivity index (χ3v) is 3.59. The van der Waals surface area contributed by atoms with E-state index in [1.807, 2.05) is 12.1 Å². The molecule has 1 aliphatic heterocycles. The zero-order valence-electron chi connectivity index (χ0n) is 12.6. The average Bonchev–Trinajstić information content (AvgIpc) is 2.49. The van der Waals surface area contributed by atoms with E-state index in [0.717, 1.165) is 25.9 Å². The number of aliphatic hydroxyl groups is 1. The maximum Gasteiger partial charge on any atom is 0.328 e. The smallest absolute Gasteiger partial charge is 0.328 e. The van der Waals surface area contributed by atoms with Crippen LogP contribution in [0, 0.1) is 0 Å². The monoisotopic (exact) mass is 342 g/mol. The summed E-state index contributed by atoms with van der Waals surface area (Å²) in [6, 6.07) is 5.40. The van der Waals surface area contributed by atoms with Crippen molar-refractivity contribution in [3.63, 3.8) is 0 Å². The summed E-state index contributed by atoms with van der Waals surface area (Å²) in [4.78, 5) is 25.5. The molecule has 1 saturated heterocycles. The van der Waals surface area contributed by atoms with Crippen LogP contribution in [0.3, 0.4) is 0 Å². The summed E-state index contributed by atoms with van der Waals surface area (Å²) < 4.78 is 0. The Morgan fingerprint density at radius 3 is 2.17 bits per heavy atom. The fourth-order valence-electron chi connectivity index (χ4n) is 2.05. The van der Waals surface area contributed by atoms with Gasteiger partial charge in [-0.1, -0.05) is 17.7 Å². The van der Waals surface area contributed by atoms with Crippen LogP contribution in [0.5, 0.6) is 0 Å². The van der Waals surface area contributed by atoms with Crippen LogP contribution in [0.1, 0.15) is 18.5 Å². The van der Waals surface area contributed by atoms with Crippen LogP contribution in [0.25, 0.3) is 0 Å². The lowest BCUT2D eigenvalue weighted by atomic mass is 9.88. The molecule has 23 heavy (non-hydrogen) atoms. The van der Waals surface area contributed by atoms with Crippen molar-refractivity contribution in [2.45, 2.75) is 18.4 Å². The predicted molar refractivity (Wildman–Crippen MR) is 84.3 cm³/mol. The van der Waals surface area contributed by atoms with Gasteiger partial charge in [0.1, 0.15) is 10.8 Å². The Morgan fingerprint density at radius 2 is 1.74 bits per heavy atom. The normalized spacial score (nSPS) is 17.3. The highest BCUT2D eigenvalue weighted by Crippen LogP contribution is 2.31. The highest BCUT2D eigenvalue weighted by atomic mass is 35.5. The molecule has 0 amide bonds. The number of nitrogens with zero attached hydrogens (tertiary/aromatic N) is 2. The van der Waals surface area contributed by atoms with E-state index in [9.17, 15) is 14.7 Å². The van der Waals surface area contributed by atoms with Crippen LogP contribution in [0.2, 0.25) is 5.15 Å². The van der Waals surface area contributed by atoms with Gasteiger partial charge in [-0.25, -0.2) is 14.6 Å². The fourth-order valence-corrected chi connectivity index (χ4v) is 2.22. The van der Waals surface area contributed by atoms with Crippen LogP contribution in [-0.2, 0) is 15.2 Å². The van der Waals surface area contributed by atoms with Crippen molar-refractivity contribution < 1.29 is 24.9 Å². The highest BCUT2D eigenvalue weighted by Gasteiger charge is 2.34. The van der Waals surface area contributed by atoms with E-state index < -0.39 is 17.5 Å². The van der Waals surface area contributed by atoms with Gasteiger partial charge in [-0.05, 0) is 32.0 Å². The molecule has 1 fully saturated rings. The van der Waals surface area contributed by atoms with Gasteiger partial charge in [0, 0.05) is 25.2 Å². The van der Waals surface area contributed by atoms with Gasteiger partial charge in [0.15, 0.2) is 0 Å². The molecule has 0 aromatic carbocycles. The van der Waals surface area contributed by atoms with Gasteiger partial charge in [0.2, 0.25) is 0 Å². The molecule has 2 heterocycles. The summed E-state index contributed by atoms with van der Waals surface area (Å²) in [5, 5.41) is 26.5. The predicted octanol–water partition coefficient (Wildman–Crippen LogP) is 1.36. The molecule has 0 aliphatic carbocycles. The third kappa shape index (κ3) is 6.77. The first-order valence-electron chi connectivity index (χ1n) is 6.91. The quantitative estimate of drug-likeness (QED) is 0.561. The molecule has 0 saturated carbocycles. The molecule has 2 rings (SSSR count). The van der Waals surface area contributed by atoms with Gasteiger partial charge >= 0.3 is 11.9 Å². The van der Waals surface area contributed by atoms with Crippen LogP contribution in [0.15, 0.2) is 30.4 Å². The summed E-state index contributed by atoms with van der Waals surface area (Å²) in [6.45, 7) is 1.79. The minimum Gasteiger partial charge on any atom is -0.478 e. The van der Waals surface area contributed by atoms with Crippen LogP contribution in [-0.4, -0.2) is 57.3 Å². The minimum absolute atomic E-state index is 0.444. The molecule has 1 aliphatic rings. The average molecular weight is 343 g/mol. The SMILES string of the molecule is CN1CCC(O)(c2cccc(Cl)n2)CC1.O=C(O)/C=C\C(=O)O. The van der Waals surface area contributed by atoms with Crippen molar-refractivity contribution in [3.8, 4) is 0 Å². The summed E-state index contributed by atoms with van der Waals surface area (Å²) in [7, 11) is 2.06. The molecule has 3 N–H and O–H groups in total. The molecule has 0 radical (unpaired) electrons. The molecule has 7 nitrogen and oxygen atoms in total. The lowest BCUT2D eigenvalue weighted by Crippen LogP contribution is -2.41. The zero-order chi connectivity index (χ0) is 17.5. The molecule has 0 unspecified atom stereocenters. The Labute approximate surface area is 138 Å². The van der Waals surface area contributed by atoms with E-state index in [-0.39, 0.29) is 0 Å². The highest BCUT2D eigenvalue weighted by molar-refractivity contribution is 6.29. The van der Waals surface area contributed by atoms with E-state index >= 15 is 0 Å². The van der Waals surface area contributed by atoms with E-state index in [2.05, 4.69) is 16.9 Å². The number of rotatable bonds is 3. The van der Waals surface area contributed by atoms with Crippen LogP contribution >= 0.6 is 11.6 Å². The standard InChI is InChI=1S/C11H15ClN2O.C4H4O4/c1-14-7-5-11(15,6-8-14)9-3-2-4-10(12)13-9;5-3(6)1-2-4(7)8/h2-4,15H,5-8H2,1H3;1-2H,(H,5,6)(H,7,8)/b;2-1-. The Morgan fingerprint density at radius 1 is 1.22 bits per heavy atom. The number of carboxylic acids is 2. The second kappa shape index (κ2) is 8.61. The number of hydrogen-bond acceptors (Lipinski definition) is 5. The second-order valence-corrected chi connectivity index (χ2v) is 5.58. The molecule has 8 heteroatoms. The first-order chi connectivity index (χ1) is 10.7. The molecule has 1 aromatic heterocycles. The van der Waals surface area contributed by atoms with E-state index in [0.29, 0.717) is 23.0 Å². The number of likely N-dealkylation sites (tertiary alicyclic amines) is 1. The van der Waals surface area contributed by atoms with Crippen LogP contribution < -0.4 is 0 Å². The minimum atomic E-state index is -1.26. The van der Waals surface area contributed by atoms with Crippen molar-refractivity contribution in [1.29, 1.82) is 0 Å². The van der Waals surface area contributed by atoms with Gasteiger partial charge in [0.05, 0.1) is 5.69 Å². The number of aliphatic carboxylic acids is 2. The van der Waals surface area contributed by atoms with Crippen molar-refractivity contribution in [1.82, 2.24) is 9.88 Å². The second-order valence-electron chi connectivity index (χ2n) is 5.19. The number of carbonyl (C=O) groups is 2. The van der Waals surface area contributed by atoms with Gasteiger partial charge in [-0.2, -0.15) is 0 Å². The van der Waals surface area contributed by atoms with Gasteiger partial charge in [-0.15, -0.1) is 0 Å². The van der Waals surface area contributed by atoms with E-state index in [1.165, 1.54) is 0 Å². The number of halogens is 1. The van der Waals surface area contributed by atoms with Crippen molar-refractivity contribution >= 4 is 23.5 Å². The third-order valence-electron chi connectivity index (χ3n) is 3.37.